The molecule has 1 unspecified atom stereocenters. The fourth-order valence-electron chi connectivity index (χ4n) is 9.15. The average molecular weight is 996 g/mol. The molecule has 0 aliphatic heterocycles. The van der Waals surface area contributed by atoms with Crippen molar-refractivity contribution in [1.29, 1.82) is 0 Å². The predicted molar refractivity (Wildman–Crippen MR) is 307 cm³/mol. The van der Waals surface area contributed by atoms with E-state index in [4.69, 9.17) is 14.2 Å². The lowest BCUT2D eigenvalue weighted by Crippen LogP contribution is -2.30. The fraction of sp³-hybridized carbons (Fsp3) is 0.831. The van der Waals surface area contributed by atoms with Crippen molar-refractivity contribution in [2.75, 3.05) is 13.2 Å². The summed E-state index contributed by atoms with van der Waals surface area (Å²) in [6.45, 7) is 6.65. The van der Waals surface area contributed by atoms with Crippen LogP contribution in [0.2, 0.25) is 0 Å². The highest BCUT2D eigenvalue weighted by molar-refractivity contribution is 5.71. The summed E-state index contributed by atoms with van der Waals surface area (Å²) in [7, 11) is 0. The van der Waals surface area contributed by atoms with Gasteiger partial charge >= 0.3 is 17.9 Å². The summed E-state index contributed by atoms with van der Waals surface area (Å²) in [6.07, 6.45) is 73.9. The zero-order valence-electron chi connectivity index (χ0n) is 47.5. The van der Waals surface area contributed by atoms with Gasteiger partial charge in [-0.1, -0.05) is 288 Å². The average Bonchev–Trinajstić information content (AvgIpc) is 3.37. The van der Waals surface area contributed by atoms with Gasteiger partial charge in [0.15, 0.2) is 6.10 Å². The number of allylic oxidation sites excluding steroid dienone is 8. The summed E-state index contributed by atoms with van der Waals surface area (Å²) in [5.41, 5.74) is 0. The molecular weight excluding hydrogens is 877 g/mol. The Hall–Kier alpha value is -2.63. The predicted octanol–water partition coefficient (Wildman–Crippen LogP) is 21.0. The van der Waals surface area contributed by atoms with E-state index in [1.54, 1.807) is 0 Å². The summed E-state index contributed by atoms with van der Waals surface area (Å²) in [4.78, 5) is 38.3. The van der Waals surface area contributed by atoms with E-state index in [0.29, 0.717) is 19.3 Å². The highest BCUT2D eigenvalue weighted by Crippen LogP contribution is 2.17. The molecule has 414 valence electrons. The Morgan fingerprint density at radius 3 is 0.817 bits per heavy atom. The van der Waals surface area contributed by atoms with E-state index in [1.807, 2.05) is 0 Å². The van der Waals surface area contributed by atoms with E-state index < -0.39 is 6.10 Å². The van der Waals surface area contributed by atoms with Crippen LogP contribution in [0, 0.1) is 0 Å². The SMILES string of the molecule is CCCCCCC\C=C/C=C\C=C/CCCCCCCC(=O)OC(COC(=O)CCCCCCC/C=C\CCCCCCCCC)COC(=O)CCCCCCCCCCCCCCCCCCCCC. The third-order valence-corrected chi connectivity index (χ3v) is 13.9. The molecule has 0 radical (unpaired) electrons. The van der Waals surface area contributed by atoms with Crippen LogP contribution in [0.25, 0.3) is 0 Å². The van der Waals surface area contributed by atoms with Crippen molar-refractivity contribution in [2.45, 2.75) is 335 Å². The molecule has 0 aromatic heterocycles. The Morgan fingerprint density at radius 2 is 0.521 bits per heavy atom. The van der Waals surface area contributed by atoms with E-state index in [1.165, 1.54) is 205 Å². The number of unbranched alkanes of at least 4 members (excludes halogenated alkanes) is 40. The Kier molecular flexibility index (Phi) is 57.7. The number of carbonyl (C=O) groups is 3. The molecule has 0 aromatic carbocycles. The smallest absolute Gasteiger partial charge is 0.306 e. The van der Waals surface area contributed by atoms with Gasteiger partial charge in [-0.05, 0) is 70.6 Å². The number of rotatable bonds is 57. The molecule has 6 nitrogen and oxygen atoms in total. The quantitative estimate of drug-likeness (QED) is 0.0199. The standard InChI is InChI=1S/C65H118O6/c1-4-7-10-13-16-19-22-25-28-31-33-35-37-40-43-46-49-52-55-58-64(67)70-61-62(60-69-63(66)57-54-51-48-45-42-39-36-30-27-24-21-18-15-12-9-6-3)71-65(68)59-56-53-50-47-44-41-38-34-32-29-26-23-20-17-14-11-8-5-2/h23,26,29-30,32,34,36,38,62H,4-22,24-25,27-28,31,33,35,37,39-61H2,1-3H3/b26-23-,32-29-,36-30-,38-34-. The topological polar surface area (TPSA) is 78.9 Å². The molecule has 0 aliphatic carbocycles. The van der Waals surface area contributed by atoms with E-state index in [2.05, 4.69) is 69.4 Å². The molecule has 0 amide bonds. The van der Waals surface area contributed by atoms with E-state index in [0.717, 1.165) is 83.5 Å². The third-order valence-electron chi connectivity index (χ3n) is 13.9. The molecule has 0 rings (SSSR count). The number of hydrogen-bond donors (Lipinski definition) is 0. The van der Waals surface area contributed by atoms with Gasteiger partial charge in [0.1, 0.15) is 13.2 Å². The van der Waals surface area contributed by atoms with Crippen molar-refractivity contribution in [3.05, 3.63) is 48.6 Å². The number of hydrogen-bond acceptors (Lipinski definition) is 6. The van der Waals surface area contributed by atoms with Gasteiger partial charge in [-0.2, -0.15) is 0 Å². The van der Waals surface area contributed by atoms with Crippen molar-refractivity contribution in [2.24, 2.45) is 0 Å². The van der Waals surface area contributed by atoms with Gasteiger partial charge < -0.3 is 14.2 Å². The van der Waals surface area contributed by atoms with Crippen LogP contribution < -0.4 is 0 Å². The van der Waals surface area contributed by atoms with Gasteiger partial charge in [-0.15, -0.1) is 0 Å². The van der Waals surface area contributed by atoms with Crippen LogP contribution in [0.1, 0.15) is 329 Å². The summed E-state index contributed by atoms with van der Waals surface area (Å²) in [5.74, 6) is -0.890. The monoisotopic (exact) mass is 995 g/mol. The van der Waals surface area contributed by atoms with Crippen LogP contribution in [-0.2, 0) is 28.6 Å². The van der Waals surface area contributed by atoms with Crippen molar-refractivity contribution in [3.8, 4) is 0 Å². The minimum atomic E-state index is -0.786. The normalized spacial score (nSPS) is 12.3. The second-order valence-electron chi connectivity index (χ2n) is 21.0. The van der Waals surface area contributed by atoms with Crippen molar-refractivity contribution in [1.82, 2.24) is 0 Å². The lowest BCUT2D eigenvalue weighted by Gasteiger charge is -2.18. The first-order valence-electron chi connectivity index (χ1n) is 31.2. The number of carbonyl (C=O) groups excluding carboxylic acids is 3. The lowest BCUT2D eigenvalue weighted by molar-refractivity contribution is -0.167. The van der Waals surface area contributed by atoms with Gasteiger partial charge in [-0.25, -0.2) is 0 Å². The molecule has 1 atom stereocenters. The zero-order valence-corrected chi connectivity index (χ0v) is 47.5. The fourth-order valence-corrected chi connectivity index (χ4v) is 9.15. The van der Waals surface area contributed by atoms with E-state index in [-0.39, 0.29) is 31.1 Å². The molecular formula is C65H118O6. The Balaban J connectivity index is 4.39. The number of ether oxygens (including phenoxy) is 3. The molecule has 0 spiro atoms. The zero-order chi connectivity index (χ0) is 51.4. The molecule has 0 N–H and O–H groups in total. The molecule has 6 heteroatoms. The van der Waals surface area contributed by atoms with Crippen LogP contribution in [-0.4, -0.2) is 37.2 Å². The minimum absolute atomic E-state index is 0.0808. The Labute approximate surface area is 441 Å². The molecule has 0 heterocycles. The highest BCUT2D eigenvalue weighted by Gasteiger charge is 2.19. The van der Waals surface area contributed by atoms with Crippen LogP contribution in [0.5, 0.6) is 0 Å². The maximum Gasteiger partial charge on any atom is 0.306 e. The van der Waals surface area contributed by atoms with Crippen molar-refractivity contribution >= 4 is 17.9 Å². The summed E-state index contributed by atoms with van der Waals surface area (Å²) in [5, 5.41) is 0. The maximum absolute atomic E-state index is 12.9. The van der Waals surface area contributed by atoms with Gasteiger partial charge in [0.05, 0.1) is 0 Å². The van der Waals surface area contributed by atoms with Crippen molar-refractivity contribution < 1.29 is 28.6 Å². The molecule has 0 saturated carbocycles. The van der Waals surface area contributed by atoms with E-state index in [9.17, 15) is 14.4 Å². The van der Waals surface area contributed by atoms with Crippen LogP contribution >= 0.6 is 0 Å². The lowest BCUT2D eigenvalue weighted by atomic mass is 10.0. The minimum Gasteiger partial charge on any atom is -0.462 e. The third kappa shape index (κ3) is 58.1. The summed E-state index contributed by atoms with van der Waals surface area (Å²) in [6, 6.07) is 0. The maximum atomic E-state index is 12.9. The van der Waals surface area contributed by atoms with Crippen LogP contribution in [0.4, 0.5) is 0 Å². The van der Waals surface area contributed by atoms with Crippen LogP contribution in [0.15, 0.2) is 48.6 Å². The molecule has 0 fully saturated rings. The molecule has 71 heavy (non-hydrogen) atoms. The second kappa shape index (κ2) is 59.9. The number of esters is 3. The van der Waals surface area contributed by atoms with Gasteiger partial charge in [-0.3, -0.25) is 14.4 Å². The van der Waals surface area contributed by atoms with Crippen molar-refractivity contribution in [3.63, 3.8) is 0 Å². The molecule has 0 bridgehead atoms. The molecule has 0 aliphatic rings. The summed E-state index contributed by atoms with van der Waals surface area (Å²) < 4.78 is 16.9. The first kappa shape index (κ1) is 68.4. The molecule has 0 saturated heterocycles. The van der Waals surface area contributed by atoms with Gasteiger partial charge in [0.2, 0.25) is 0 Å². The van der Waals surface area contributed by atoms with Gasteiger partial charge in [0, 0.05) is 19.3 Å². The molecule has 0 aromatic rings. The first-order chi connectivity index (χ1) is 35.0. The van der Waals surface area contributed by atoms with Crippen LogP contribution in [0.3, 0.4) is 0 Å². The van der Waals surface area contributed by atoms with Gasteiger partial charge in [0.25, 0.3) is 0 Å². The first-order valence-corrected chi connectivity index (χ1v) is 31.2. The van der Waals surface area contributed by atoms with E-state index >= 15 is 0 Å². The highest BCUT2D eigenvalue weighted by atomic mass is 16.6. The Bertz CT molecular complexity index is 1230. The Morgan fingerprint density at radius 1 is 0.282 bits per heavy atom. The summed E-state index contributed by atoms with van der Waals surface area (Å²) >= 11 is 0. The second-order valence-corrected chi connectivity index (χ2v) is 21.0. The largest absolute Gasteiger partial charge is 0.462 e.